The van der Waals surface area contributed by atoms with Crippen LogP contribution in [0.15, 0.2) is 18.2 Å². The van der Waals surface area contributed by atoms with Crippen LogP contribution in [0.25, 0.3) is 0 Å². The van der Waals surface area contributed by atoms with Crippen molar-refractivity contribution < 1.29 is 23.4 Å². The Kier molecular flexibility index (Phi) is 3.07. The normalized spacial score (nSPS) is 28.6. The van der Waals surface area contributed by atoms with E-state index in [1.54, 1.807) is 0 Å². The van der Waals surface area contributed by atoms with Crippen molar-refractivity contribution in [3.05, 3.63) is 29.8 Å². The first-order valence-electron chi connectivity index (χ1n) is 4.94. The lowest BCUT2D eigenvalue weighted by Crippen LogP contribution is -2.54. The van der Waals surface area contributed by atoms with Crippen molar-refractivity contribution in [1.29, 1.82) is 0 Å². The zero-order valence-corrected chi connectivity index (χ0v) is 8.69. The van der Waals surface area contributed by atoms with Gasteiger partial charge in [0.1, 0.15) is 18.0 Å². The maximum absolute atomic E-state index is 13.2. The predicted molar refractivity (Wildman–Crippen MR) is 52.2 cm³/mol. The Labute approximate surface area is 91.6 Å². The molecule has 1 aromatic carbocycles. The Morgan fingerprint density at radius 2 is 2.12 bits per heavy atom. The van der Waals surface area contributed by atoms with Crippen LogP contribution in [0.3, 0.4) is 0 Å². The summed E-state index contributed by atoms with van der Waals surface area (Å²) in [5.41, 5.74) is 0. The van der Waals surface area contributed by atoms with E-state index in [1.165, 1.54) is 7.11 Å². The second kappa shape index (κ2) is 4.35. The highest BCUT2D eigenvalue weighted by atomic mass is 19.1. The van der Waals surface area contributed by atoms with Gasteiger partial charge in [0.25, 0.3) is 0 Å². The molecule has 1 fully saturated rings. The van der Waals surface area contributed by atoms with E-state index in [0.29, 0.717) is 6.42 Å². The fourth-order valence-corrected chi connectivity index (χ4v) is 1.71. The molecule has 5 heteroatoms. The van der Waals surface area contributed by atoms with Crippen LogP contribution in [0.2, 0.25) is 0 Å². The molecule has 0 bridgehead atoms. The number of ether oxygens (including phenoxy) is 2. The van der Waals surface area contributed by atoms with E-state index in [-0.39, 0.29) is 5.75 Å². The molecule has 0 heterocycles. The van der Waals surface area contributed by atoms with Crippen LogP contribution < -0.4 is 4.74 Å². The van der Waals surface area contributed by atoms with E-state index in [9.17, 15) is 13.9 Å². The first-order chi connectivity index (χ1) is 7.61. The summed E-state index contributed by atoms with van der Waals surface area (Å²) in [7, 11) is 1.44. The van der Waals surface area contributed by atoms with Crippen molar-refractivity contribution in [1.82, 2.24) is 0 Å². The Hall–Kier alpha value is -1.20. The molecular weight excluding hydrogens is 218 g/mol. The van der Waals surface area contributed by atoms with Gasteiger partial charge < -0.3 is 14.6 Å². The molecule has 0 spiro atoms. The smallest absolute Gasteiger partial charge is 0.165 e. The van der Waals surface area contributed by atoms with Gasteiger partial charge in [0.2, 0.25) is 0 Å². The number of hydrogen-bond acceptors (Lipinski definition) is 3. The monoisotopic (exact) mass is 230 g/mol. The molecule has 1 N–H and O–H groups in total. The van der Waals surface area contributed by atoms with Gasteiger partial charge in [-0.1, -0.05) is 0 Å². The molecule has 1 aliphatic rings. The first-order valence-corrected chi connectivity index (χ1v) is 4.94. The number of halogens is 2. The molecular formula is C11H12F2O3. The molecule has 1 aromatic rings. The molecule has 0 aliphatic heterocycles. The molecule has 88 valence electrons. The van der Waals surface area contributed by atoms with Gasteiger partial charge in [0, 0.05) is 19.6 Å². The van der Waals surface area contributed by atoms with Gasteiger partial charge in [-0.15, -0.1) is 0 Å². The predicted octanol–water partition coefficient (Wildman–Crippen LogP) is 1.49. The molecule has 3 atom stereocenters. The van der Waals surface area contributed by atoms with Gasteiger partial charge in [-0.2, -0.15) is 0 Å². The highest BCUT2D eigenvalue weighted by Gasteiger charge is 2.42. The van der Waals surface area contributed by atoms with Crippen LogP contribution in [0.5, 0.6) is 5.75 Å². The third kappa shape index (κ3) is 2.01. The maximum atomic E-state index is 13.2. The summed E-state index contributed by atoms with van der Waals surface area (Å²) in [5, 5.41) is 9.31. The van der Waals surface area contributed by atoms with Crippen molar-refractivity contribution in [2.24, 2.45) is 0 Å². The lowest BCUT2D eigenvalue weighted by Gasteiger charge is -2.39. The van der Waals surface area contributed by atoms with Crippen LogP contribution in [-0.2, 0) is 4.74 Å². The lowest BCUT2D eigenvalue weighted by atomic mass is 9.88. The maximum Gasteiger partial charge on any atom is 0.165 e. The van der Waals surface area contributed by atoms with Crippen LogP contribution in [-0.4, -0.2) is 30.5 Å². The SMILES string of the molecule is COC1C(O)CC1Oc1cc(F)ccc1F. The summed E-state index contributed by atoms with van der Waals surface area (Å²) in [5.74, 6) is -1.35. The average Bonchev–Trinajstić information content (AvgIpc) is 2.23. The second-order valence-electron chi connectivity index (χ2n) is 3.73. The van der Waals surface area contributed by atoms with Gasteiger partial charge in [-0.3, -0.25) is 0 Å². The van der Waals surface area contributed by atoms with E-state index in [0.717, 1.165) is 18.2 Å². The van der Waals surface area contributed by atoms with Gasteiger partial charge in [0.15, 0.2) is 11.6 Å². The number of benzene rings is 1. The van der Waals surface area contributed by atoms with E-state index in [1.807, 2.05) is 0 Å². The van der Waals surface area contributed by atoms with Gasteiger partial charge in [0.05, 0.1) is 6.10 Å². The Morgan fingerprint density at radius 1 is 1.38 bits per heavy atom. The third-order valence-electron chi connectivity index (χ3n) is 2.66. The number of aliphatic hydroxyl groups excluding tert-OH is 1. The van der Waals surface area contributed by atoms with E-state index < -0.39 is 29.9 Å². The molecule has 3 nitrogen and oxygen atoms in total. The minimum atomic E-state index is -0.627. The minimum absolute atomic E-state index is 0.154. The van der Waals surface area contributed by atoms with Crippen molar-refractivity contribution >= 4 is 0 Å². The molecule has 1 aliphatic carbocycles. The summed E-state index contributed by atoms with van der Waals surface area (Å²) in [6.45, 7) is 0. The van der Waals surface area contributed by atoms with Gasteiger partial charge >= 0.3 is 0 Å². The van der Waals surface area contributed by atoms with Crippen molar-refractivity contribution in [2.45, 2.75) is 24.7 Å². The van der Waals surface area contributed by atoms with Crippen molar-refractivity contribution in [3.8, 4) is 5.75 Å². The molecule has 1 saturated carbocycles. The Balaban J connectivity index is 2.07. The highest BCUT2D eigenvalue weighted by Crippen LogP contribution is 2.30. The van der Waals surface area contributed by atoms with Crippen molar-refractivity contribution in [2.75, 3.05) is 7.11 Å². The zero-order chi connectivity index (χ0) is 11.7. The molecule has 2 rings (SSSR count). The summed E-state index contributed by atoms with van der Waals surface area (Å²) in [6.07, 6.45) is -1.17. The quantitative estimate of drug-likeness (QED) is 0.855. The summed E-state index contributed by atoms with van der Waals surface area (Å²) in [6, 6.07) is 3.00. The van der Waals surface area contributed by atoms with E-state index >= 15 is 0 Å². The van der Waals surface area contributed by atoms with Crippen LogP contribution in [0.4, 0.5) is 8.78 Å². The third-order valence-corrected chi connectivity index (χ3v) is 2.66. The fourth-order valence-electron chi connectivity index (χ4n) is 1.71. The van der Waals surface area contributed by atoms with Crippen LogP contribution in [0, 0.1) is 11.6 Å². The summed E-state index contributed by atoms with van der Waals surface area (Å²) >= 11 is 0. The zero-order valence-electron chi connectivity index (χ0n) is 8.69. The number of hydrogen-bond donors (Lipinski definition) is 1. The number of rotatable bonds is 3. The van der Waals surface area contributed by atoms with Crippen LogP contribution in [0.1, 0.15) is 6.42 Å². The lowest BCUT2D eigenvalue weighted by molar-refractivity contribution is -0.149. The molecule has 0 saturated heterocycles. The summed E-state index contributed by atoms with van der Waals surface area (Å²) in [4.78, 5) is 0. The Bertz CT molecular complexity index is 383. The van der Waals surface area contributed by atoms with Gasteiger partial charge in [-0.05, 0) is 12.1 Å². The van der Waals surface area contributed by atoms with E-state index in [4.69, 9.17) is 9.47 Å². The fraction of sp³-hybridized carbons (Fsp3) is 0.455. The Morgan fingerprint density at radius 3 is 2.75 bits per heavy atom. The largest absolute Gasteiger partial charge is 0.484 e. The molecule has 3 unspecified atom stereocenters. The summed E-state index contributed by atoms with van der Waals surface area (Å²) < 4.78 is 36.3. The average molecular weight is 230 g/mol. The number of aliphatic hydroxyl groups is 1. The molecule has 0 amide bonds. The highest BCUT2D eigenvalue weighted by molar-refractivity contribution is 5.25. The standard InChI is InChI=1S/C11H12F2O3/c1-15-11-8(14)5-10(11)16-9-4-6(12)2-3-7(9)13/h2-4,8,10-11,14H,5H2,1H3. The van der Waals surface area contributed by atoms with Gasteiger partial charge in [-0.25, -0.2) is 8.78 Å². The van der Waals surface area contributed by atoms with E-state index in [2.05, 4.69) is 0 Å². The number of methoxy groups -OCH3 is 1. The molecule has 16 heavy (non-hydrogen) atoms. The molecule has 0 radical (unpaired) electrons. The molecule has 0 aromatic heterocycles. The topological polar surface area (TPSA) is 38.7 Å². The minimum Gasteiger partial charge on any atom is -0.484 e. The first kappa shape index (κ1) is 11.3. The van der Waals surface area contributed by atoms with Crippen LogP contribution >= 0.6 is 0 Å². The second-order valence-corrected chi connectivity index (χ2v) is 3.73. The van der Waals surface area contributed by atoms with Crippen molar-refractivity contribution in [3.63, 3.8) is 0 Å².